The van der Waals surface area contributed by atoms with Crippen LogP contribution in [0.5, 0.6) is 0 Å². The molecule has 1 N–H and O–H groups in total. The second-order valence-corrected chi connectivity index (χ2v) is 5.07. The number of carbonyl (C=O) groups excluding carboxylic acids is 2. The molecule has 2 aromatic carbocycles. The molecule has 0 radical (unpaired) electrons. The quantitative estimate of drug-likeness (QED) is 0.695. The Labute approximate surface area is 133 Å². The van der Waals surface area contributed by atoms with E-state index in [1.807, 2.05) is 36.4 Å². The minimum absolute atomic E-state index is 0.0339. The second kappa shape index (κ2) is 6.32. The standard InChI is InChI=1S/C19H14O4/c20-15(12-11-13-7-3-1-4-8-13)16-17(21)19(22)23-18(16)14-9-5-2-6-10-14/h1-12,18,21H/b12-11-/t18-/m0/s1. The number of hydrogen-bond acceptors (Lipinski definition) is 4. The largest absolute Gasteiger partial charge is 0.501 e. The summed E-state index contributed by atoms with van der Waals surface area (Å²) in [5.74, 6) is -1.96. The van der Waals surface area contributed by atoms with E-state index in [1.165, 1.54) is 6.08 Å². The monoisotopic (exact) mass is 306 g/mol. The summed E-state index contributed by atoms with van der Waals surface area (Å²) in [6, 6.07) is 18.1. The zero-order valence-corrected chi connectivity index (χ0v) is 12.2. The molecule has 0 spiro atoms. The summed E-state index contributed by atoms with van der Waals surface area (Å²) in [5, 5.41) is 9.91. The van der Waals surface area contributed by atoms with Crippen LogP contribution in [-0.4, -0.2) is 16.9 Å². The minimum atomic E-state index is -0.879. The highest BCUT2D eigenvalue weighted by atomic mass is 16.6. The molecule has 114 valence electrons. The first-order valence-electron chi connectivity index (χ1n) is 7.13. The molecule has 0 amide bonds. The molecule has 23 heavy (non-hydrogen) atoms. The third-order valence-electron chi connectivity index (χ3n) is 3.53. The minimum Gasteiger partial charge on any atom is -0.501 e. The number of allylic oxidation sites excluding steroid dienone is 1. The van der Waals surface area contributed by atoms with E-state index < -0.39 is 23.6 Å². The molecule has 0 unspecified atom stereocenters. The van der Waals surface area contributed by atoms with Gasteiger partial charge in [-0.1, -0.05) is 66.7 Å². The molecule has 0 bridgehead atoms. The van der Waals surface area contributed by atoms with Crippen LogP contribution in [0.4, 0.5) is 0 Å². The van der Waals surface area contributed by atoms with Crippen molar-refractivity contribution in [3.8, 4) is 0 Å². The maximum absolute atomic E-state index is 12.4. The fourth-order valence-electron chi connectivity index (χ4n) is 2.39. The van der Waals surface area contributed by atoms with Crippen molar-refractivity contribution in [2.24, 2.45) is 0 Å². The van der Waals surface area contributed by atoms with E-state index in [-0.39, 0.29) is 5.57 Å². The van der Waals surface area contributed by atoms with Gasteiger partial charge in [0.25, 0.3) is 0 Å². The van der Waals surface area contributed by atoms with Gasteiger partial charge < -0.3 is 9.84 Å². The summed E-state index contributed by atoms with van der Waals surface area (Å²) in [7, 11) is 0. The van der Waals surface area contributed by atoms with Crippen LogP contribution < -0.4 is 0 Å². The van der Waals surface area contributed by atoms with Crippen LogP contribution in [0, 0.1) is 0 Å². The van der Waals surface area contributed by atoms with Crippen LogP contribution in [0.15, 0.2) is 78.1 Å². The van der Waals surface area contributed by atoms with Crippen molar-refractivity contribution in [3.05, 3.63) is 89.2 Å². The Morgan fingerprint density at radius 1 is 1.00 bits per heavy atom. The number of hydrogen-bond donors (Lipinski definition) is 1. The van der Waals surface area contributed by atoms with Crippen molar-refractivity contribution in [3.63, 3.8) is 0 Å². The van der Waals surface area contributed by atoms with Crippen molar-refractivity contribution in [2.75, 3.05) is 0 Å². The molecular weight excluding hydrogens is 292 g/mol. The van der Waals surface area contributed by atoms with Crippen LogP contribution >= 0.6 is 0 Å². The van der Waals surface area contributed by atoms with Gasteiger partial charge in [-0.05, 0) is 17.2 Å². The first-order chi connectivity index (χ1) is 11.2. The highest BCUT2D eigenvalue weighted by molar-refractivity contribution is 6.12. The summed E-state index contributed by atoms with van der Waals surface area (Å²) in [4.78, 5) is 24.1. The molecule has 0 saturated carbocycles. The lowest BCUT2D eigenvalue weighted by atomic mass is 9.98. The van der Waals surface area contributed by atoms with Crippen molar-refractivity contribution in [1.29, 1.82) is 0 Å². The zero-order valence-electron chi connectivity index (χ0n) is 12.2. The molecule has 4 heteroatoms. The van der Waals surface area contributed by atoms with E-state index in [0.29, 0.717) is 5.56 Å². The third kappa shape index (κ3) is 3.06. The van der Waals surface area contributed by atoms with E-state index in [2.05, 4.69) is 0 Å². The van der Waals surface area contributed by atoms with E-state index >= 15 is 0 Å². The number of aliphatic hydroxyl groups excluding tert-OH is 1. The smallest absolute Gasteiger partial charge is 0.374 e. The van der Waals surface area contributed by atoms with Gasteiger partial charge in [-0.15, -0.1) is 0 Å². The number of aliphatic hydroxyl groups is 1. The zero-order chi connectivity index (χ0) is 16.2. The SMILES string of the molecule is O=C(/C=C\c1ccccc1)C1=C(O)C(=O)O[C@H]1c1ccccc1. The summed E-state index contributed by atoms with van der Waals surface area (Å²) >= 11 is 0. The number of ether oxygens (including phenoxy) is 1. The molecule has 3 rings (SSSR count). The predicted octanol–water partition coefficient (Wildman–Crippen LogP) is 3.38. The molecule has 1 aliphatic rings. The number of carbonyl (C=O) groups is 2. The van der Waals surface area contributed by atoms with Crippen LogP contribution in [0.25, 0.3) is 6.08 Å². The summed E-state index contributed by atoms with van der Waals surface area (Å²) in [6.45, 7) is 0. The summed E-state index contributed by atoms with van der Waals surface area (Å²) in [5.41, 5.74) is 1.46. The van der Waals surface area contributed by atoms with Gasteiger partial charge in [0.05, 0.1) is 5.57 Å². The molecule has 1 heterocycles. The van der Waals surface area contributed by atoms with Crippen LogP contribution in [-0.2, 0) is 14.3 Å². The van der Waals surface area contributed by atoms with Crippen LogP contribution in [0.3, 0.4) is 0 Å². The van der Waals surface area contributed by atoms with E-state index in [0.717, 1.165) is 5.56 Å². The number of cyclic esters (lactones) is 1. The Hall–Kier alpha value is -3.14. The Kier molecular flexibility index (Phi) is 4.06. The number of ketones is 1. The van der Waals surface area contributed by atoms with E-state index in [4.69, 9.17) is 4.74 Å². The van der Waals surface area contributed by atoms with Crippen LogP contribution in [0.1, 0.15) is 17.2 Å². The Morgan fingerprint density at radius 3 is 2.26 bits per heavy atom. The molecule has 0 saturated heterocycles. The first-order valence-corrected chi connectivity index (χ1v) is 7.13. The van der Waals surface area contributed by atoms with Gasteiger partial charge in [0, 0.05) is 0 Å². The molecular formula is C19H14O4. The van der Waals surface area contributed by atoms with Crippen molar-refractivity contribution in [1.82, 2.24) is 0 Å². The second-order valence-electron chi connectivity index (χ2n) is 5.07. The van der Waals surface area contributed by atoms with Crippen molar-refractivity contribution < 1.29 is 19.4 Å². The lowest BCUT2D eigenvalue weighted by Crippen LogP contribution is -2.08. The third-order valence-corrected chi connectivity index (χ3v) is 3.53. The molecule has 1 atom stereocenters. The molecule has 2 aromatic rings. The number of benzene rings is 2. The highest BCUT2D eigenvalue weighted by Crippen LogP contribution is 2.34. The van der Waals surface area contributed by atoms with Gasteiger partial charge >= 0.3 is 5.97 Å². The Morgan fingerprint density at radius 2 is 1.61 bits per heavy atom. The molecule has 1 aliphatic heterocycles. The average Bonchev–Trinajstić information content (AvgIpc) is 2.90. The topological polar surface area (TPSA) is 63.6 Å². The van der Waals surface area contributed by atoms with E-state index in [1.54, 1.807) is 30.3 Å². The van der Waals surface area contributed by atoms with Gasteiger partial charge in [0.2, 0.25) is 5.76 Å². The lowest BCUT2D eigenvalue weighted by molar-refractivity contribution is -0.142. The maximum Gasteiger partial charge on any atom is 0.374 e. The Balaban J connectivity index is 1.90. The summed E-state index contributed by atoms with van der Waals surface area (Å²) in [6.07, 6.45) is 2.09. The molecule has 0 aliphatic carbocycles. The highest BCUT2D eigenvalue weighted by Gasteiger charge is 2.38. The Bertz CT molecular complexity index is 789. The van der Waals surface area contributed by atoms with Gasteiger partial charge in [0.15, 0.2) is 11.9 Å². The predicted molar refractivity (Wildman–Crippen MR) is 85.4 cm³/mol. The average molecular weight is 306 g/mol. The van der Waals surface area contributed by atoms with Crippen LogP contribution in [0.2, 0.25) is 0 Å². The fourth-order valence-corrected chi connectivity index (χ4v) is 2.39. The van der Waals surface area contributed by atoms with Crippen molar-refractivity contribution >= 4 is 17.8 Å². The molecule has 0 aromatic heterocycles. The number of rotatable bonds is 4. The normalized spacial score (nSPS) is 17.6. The van der Waals surface area contributed by atoms with Gasteiger partial charge in [-0.2, -0.15) is 0 Å². The lowest BCUT2D eigenvalue weighted by Gasteiger charge is -2.11. The van der Waals surface area contributed by atoms with Gasteiger partial charge in [-0.25, -0.2) is 4.79 Å². The summed E-state index contributed by atoms with van der Waals surface area (Å²) < 4.78 is 5.13. The van der Waals surface area contributed by atoms with Gasteiger partial charge in [-0.3, -0.25) is 4.79 Å². The number of esters is 1. The molecule has 4 nitrogen and oxygen atoms in total. The van der Waals surface area contributed by atoms with E-state index in [9.17, 15) is 14.7 Å². The van der Waals surface area contributed by atoms with Gasteiger partial charge in [0.1, 0.15) is 0 Å². The maximum atomic E-state index is 12.4. The first kappa shape index (κ1) is 14.8. The fraction of sp³-hybridized carbons (Fsp3) is 0.0526. The van der Waals surface area contributed by atoms with Crippen molar-refractivity contribution in [2.45, 2.75) is 6.10 Å². The molecule has 0 fully saturated rings.